The van der Waals surface area contributed by atoms with E-state index in [4.69, 9.17) is 4.74 Å². The fourth-order valence-electron chi connectivity index (χ4n) is 1.29. The second kappa shape index (κ2) is 5.75. The van der Waals surface area contributed by atoms with Gasteiger partial charge in [-0.3, -0.25) is 4.68 Å². The van der Waals surface area contributed by atoms with E-state index in [9.17, 15) is 0 Å². The number of aromatic nitrogens is 2. The summed E-state index contributed by atoms with van der Waals surface area (Å²) in [4.78, 5) is 0. The average Bonchev–Trinajstić information content (AvgIpc) is 2.63. The van der Waals surface area contributed by atoms with E-state index in [1.165, 1.54) is 0 Å². The van der Waals surface area contributed by atoms with Crippen LogP contribution in [0, 0.1) is 0 Å². The molecule has 0 fully saturated rings. The van der Waals surface area contributed by atoms with Gasteiger partial charge in [0.25, 0.3) is 0 Å². The lowest BCUT2D eigenvalue weighted by molar-refractivity contribution is 0.218. The molecule has 0 aliphatic heterocycles. The zero-order valence-electron chi connectivity index (χ0n) is 10.0. The molecule has 0 aliphatic carbocycles. The van der Waals surface area contributed by atoms with Gasteiger partial charge in [-0.25, -0.2) is 0 Å². The van der Waals surface area contributed by atoms with Crippen LogP contribution in [0.1, 0.15) is 33.7 Å². The highest BCUT2D eigenvalue weighted by molar-refractivity contribution is 5.12. The molecule has 1 atom stereocenters. The van der Waals surface area contributed by atoms with Gasteiger partial charge in [-0.1, -0.05) is 6.92 Å². The minimum absolute atomic E-state index is 0.176. The van der Waals surface area contributed by atoms with Gasteiger partial charge in [0.1, 0.15) is 6.10 Å². The van der Waals surface area contributed by atoms with Gasteiger partial charge in [0.2, 0.25) is 0 Å². The van der Waals surface area contributed by atoms with Gasteiger partial charge in [0.05, 0.1) is 12.4 Å². The van der Waals surface area contributed by atoms with Gasteiger partial charge in [0.15, 0.2) is 5.75 Å². The van der Waals surface area contributed by atoms with Crippen LogP contribution in [0.15, 0.2) is 12.4 Å². The Morgan fingerprint density at radius 3 is 2.73 bits per heavy atom. The first-order valence-electron chi connectivity index (χ1n) is 5.55. The van der Waals surface area contributed by atoms with Crippen molar-refractivity contribution in [1.29, 1.82) is 0 Å². The van der Waals surface area contributed by atoms with Crippen LogP contribution in [0.4, 0.5) is 0 Å². The van der Waals surface area contributed by atoms with Gasteiger partial charge in [-0.2, -0.15) is 5.10 Å². The lowest BCUT2D eigenvalue weighted by atomic mass is 10.4. The number of ether oxygens (including phenoxy) is 1. The van der Waals surface area contributed by atoms with E-state index >= 15 is 0 Å². The van der Waals surface area contributed by atoms with E-state index in [0.29, 0.717) is 6.04 Å². The molecular formula is C11H21N3O. The molecule has 1 aromatic rings. The van der Waals surface area contributed by atoms with Crippen LogP contribution >= 0.6 is 0 Å². The van der Waals surface area contributed by atoms with Crippen molar-refractivity contribution in [3.05, 3.63) is 12.4 Å². The van der Waals surface area contributed by atoms with Crippen LogP contribution < -0.4 is 10.1 Å². The molecule has 0 saturated heterocycles. The Balaban J connectivity index is 2.42. The first kappa shape index (κ1) is 12.0. The Labute approximate surface area is 91.6 Å². The minimum atomic E-state index is 0.176. The number of likely N-dealkylation sites (N-methyl/N-ethyl adjacent to an activating group) is 1. The maximum Gasteiger partial charge on any atom is 0.157 e. The van der Waals surface area contributed by atoms with Crippen molar-refractivity contribution in [1.82, 2.24) is 15.1 Å². The predicted octanol–water partition coefficient (Wildman–Crippen LogP) is 1.84. The van der Waals surface area contributed by atoms with Gasteiger partial charge < -0.3 is 10.1 Å². The Hall–Kier alpha value is -1.03. The van der Waals surface area contributed by atoms with Crippen LogP contribution in [0.25, 0.3) is 0 Å². The highest BCUT2D eigenvalue weighted by Crippen LogP contribution is 2.13. The summed E-state index contributed by atoms with van der Waals surface area (Å²) in [6.07, 6.45) is 3.88. The van der Waals surface area contributed by atoms with Crippen molar-refractivity contribution in [3.8, 4) is 5.75 Å². The molecular weight excluding hydrogens is 190 g/mol. The summed E-state index contributed by atoms with van der Waals surface area (Å²) >= 11 is 0. The molecule has 0 radical (unpaired) electrons. The maximum absolute atomic E-state index is 5.70. The maximum atomic E-state index is 5.70. The predicted molar refractivity (Wildman–Crippen MR) is 61.2 cm³/mol. The molecule has 15 heavy (non-hydrogen) atoms. The van der Waals surface area contributed by atoms with Crippen LogP contribution in [-0.4, -0.2) is 29.0 Å². The highest BCUT2D eigenvalue weighted by atomic mass is 16.5. The summed E-state index contributed by atoms with van der Waals surface area (Å²) in [5, 5.41) is 7.47. The summed E-state index contributed by atoms with van der Waals surface area (Å²) in [6.45, 7) is 10.2. The summed E-state index contributed by atoms with van der Waals surface area (Å²) in [5.41, 5.74) is 0. The van der Waals surface area contributed by atoms with Crippen molar-refractivity contribution >= 4 is 0 Å². The van der Waals surface area contributed by atoms with E-state index in [2.05, 4.69) is 38.1 Å². The zero-order chi connectivity index (χ0) is 11.3. The van der Waals surface area contributed by atoms with Crippen LogP contribution in [0.2, 0.25) is 0 Å². The number of hydrogen-bond donors (Lipinski definition) is 1. The SMILES string of the molecule is CCNCC(C)Oc1cnn(C(C)C)c1. The quantitative estimate of drug-likeness (QED) is 0.780. The summed E-state index contributed by atoms with van der Waals surface area (Å²) in [5.74, 6) is 0.842. The third-order valence-electron chi connectivity index (χ3n) is 2.13. The smallest absolute Gasteiger partial charge is 0.157 e. The Morgan fingerprint density at radius 1 is 1.47 bits per heavy atom. The molecule has 1 rings (SSSR count). The van der Waals surface area contributed by atoms with E-state index < -0.39 is 0 Å². The van der Waals surface area contributed by atoms with E-state index in [1.54, 1.807) is 6.20 Å². The van der Waals surface area contributed by atoms with E-state index in [0.717, 1.165) is 18.8 Å². The van der Waals surface area contributed by atoms with Crippen molar-refractivity contribution in [2.24, 2.45) is 0 Å². The molecule has 0 amide bonds. The Bertz CT molecular complexity index is 283. The fourth-order valence-corrected chi connectivity index (χ4v) is 1.29. The topological polar surface area (TPSA) is 39.1 Å². The number of nitrogens with zero attached hydrogens (tertiary/aromatic N) is 2. The summed E-state index contributed by atoms with van der Waals surface area (Å²) in [6, 6.07) is 0.381. The van der Waals surface area contributed by atoms with Crippen molar-refractivity contribution in [2.45, 2.75) is 39.8 Å². The molecule has 4 nitrogen and oxygen atoms in total. The first-order chi connectivity index (χ1) is 7.13. The van der Waals surface area contributed by atoms with Crippen LogP contribution in [0.3, 0.4) is 0 Å². The Morgan fingerprint density at radius 2 is 2.20 bits per heavy atom. The molecule has 1 heterocycles. The third kappa shape index (κ3) is 3.91. The fraction of sp³-hybridized carbons (Fsp3) is 0.727. The van der Waals surface area contributed by atoms with Gasteiger partial charge >= 0.3 is 0 Å². The van der Waals surface area contributed by atoms with Crippen molar-refractivity contribution < 1.29 is 4.74 Å². The molecule has 0 spiro atoms. The van der Waals surface area contributed by atoms with Crippen molar-refractivity contribution in [2.75, 3.05) is 13.1 Å². The lowest BCUT2D eigenvalue weighted by Crippen LogP contribution is -2.28. The minimum Gasteiger partial charge on any atom is -0.486 e. The van der Waals surface area contributed by atoms with E-state index in [1.807, 2.05) is 10.9 Å². The normalized spacial score (nSPS) is 13.1. The zero-order valence-corrected chi connectivity index (χ0v) is 10.0. The van der Waals surface area contributed by atoms with Gasteiger partial charge in [-0.15, -0.1) is 0 Å². The second-order valence-electron chi connectivity index (χ2n) is 3.99. The number of hydrogen-bond acceptors (Lipinski definition) is 3. The molecule has 1 aromatic heterocycles. The van der Waals surface area contributed by atoms with Gasteiger partial charge in [-0.05, 0) is 27.3 Å². The van der Waals surface area contributed by atoms with Gasteiger partial charge in [0, 0.05) is 12.6 Å². The molecule has 0 saturated carbocycles. The molecule has 86 valence electrons. The van der Waals surface area contributed by atoms with Crippen LogP contribution in [-0.2, 0) is 0 Å². The number of nitrogens with one attached hydrogen (secondary N) is 1. The van der Waals surface area contributed by atoms with Crippen LogP contribution in [0.5, 0.6) is 5.75 Å². The molecule has 0 aromatic carbocycles. The summed E-state index contributed by atoms with van der Waals surface area (Å²) in [7, 11) is 0. The van der Waals surface area contributed by atoms with E-state index in [-0.39, 0.29) is 6.10 Å². The average molecular weight is 211 g/mol. The Kier molecular flexibility index (Phi) is 4.62. The molecule has 1 N–H and O–H groups in total. The third-order valence-corrected chi connectivity index (χ3v) is 2.13. The first-order valence-corrected chi connectivity index (χ1v) is 5.55. The van der Waals surface area contributed by atoms with Crippen molar-refractivity contribution in [3.63, 3.8) is 0 Å². The summed E-state index contributed by atoms with van der Waals surface area (Å²) < 4.78 is 7.60. The lowest BCUT2D eigenvalue weighted by Gasteiger charge is -2.13. The monoisotopic (exact) mass is 211 g/mol. The molecule has 0 aliphatic rings. The standard InChI is InChI=1S/C11H21N3O/c1-5-12-6-10(4)15-11-7-13-14(8-11)9(2)3/h7-10,12H,5-6H2,1-4H3. The second-order valence-corrected chi connectivity index (χ2v) is 3.99. The number of rotatable bonds is 6. The largest absolute Gasteiger partial charge is 0.486 e. The highest BCUT2D eigenvalue weighted by Gasteiger charge is 2.06. The molecule has 4 heteroatoms. The molecule has 1 unspecified atom stereocenters. The molecule has 0 bridgehead atoms.